The Morgan fingerprint density at radius 2 is 2.06 bits per heavy atom. The third kappa shape index (κ3) is 4.95. The van der Waals surface area contributed by atoms with E-state index >= 15 is 0 Å². The standard InChI is InChI=1S/C8H11Cl2N3O2S.ClH/c9-7-4-6(5-12-8(7)10)16(14,15)13-3-1-2-11;/h4-5,13H,1-3,11H2;1H. The van der Waals surface area contributed by atoms with Crippen LogP contribution in [0.15, 0.2) is 17.2 Å². The smallest absolute Gasteiger partial charge is 0.242 e. The number of rotatable bonds is 5. The second-order valence-electron chi connectivity index (χ2n) is 2.98. The van der Waals surface area contributed by atoms with Gasteiger partial charge in [-0.2, -0.15) is 0 Å². The highest BCUT2D eigenvalue weighted by Gasteiger charge is 2.15. The molecule has 0 amide bonds. The largest absolute Gasteiger partial charge is 0.330 e. The van der Waals surface area contributed by atoms with Gasteiger partial charge in [-0.1, -0.05) is 23.2 Å². The van der Waals surface area contributed by atoms with Crippen LogP contribution < -0.4 is 10.5 Å². The lowest BCUT2D eigenvalue weighted by Gasteiger charge is -2.06. The van der Waals surface area contributed by atoms with Crippen LogP contribution in [0.1, 0.15) is 6.42 Å². The average Bonchev–Trinajstić information content (AvgIpc) is 2.22. The van der Waals surface area contributed by atoms with Crippen molar-refractivity contribution in [2.24, 2.45) is 5.73 Å². The van der Waals surface area contributed by atoms with E-state index in [9.17, 15) is 8.42 Å². The Hall–Kier alpha value is -0.110. The lowest BCUT2D eigenvalue weighted by molar-refractivity contribution is 0.579. The molecule has 1 aromatic rings. The number of hydrogen-bond donors (Lipinski definition) is 2. The Bertz CT molecular complexity index is 467. The van der Waals surface area contributed by atoms with Crippen molar-refractivity contribution in [1.82, 2.24) is 9.71 Å². The number of pyridine rings is 1. The molecule has 0 aliphatic rings. The first-order valence-electron chi connectivity index (χ1n) is 4.48. The predicted octanol–water partition coefficient (Wildman–Crippen LogP) is 1.44. The van der Waals surface area contributed by atoms with Gasteiger partial charge in [0, 0.05) is 12.7 Å². The van der Waals surface area contributed by atoms with Gasteiger partial charge in [0.25, 0.3) is 0 Å². The molecule has 3 N–H and O–H groups in total. The number of nitrogens with one attached hydrogen (secondary N) is 1. The zero-order valence-corrected chi connectivity index (χ0v) is 11.8. The van der Waals surface area contributed by atoms with Crippen LogP contribution in [0.4, 0.5) is 0 Å². The third-order valence-corrected chi connectivity index (χ3v) is 3.87. The highest BCUT2D eigenvalue weighted by atomic mass is 35.5. The van der Waals surface area contributed by atoms with Crippen molar-refractivity contribution in [2.75, 3.05) is 13.1 Å². The van der Waals surface area contributed by atoms with Crippen LogP contribution in [-0.2, 0) is 10.0 Å². The predicted molar refractivity (Wildman–Crippen MR) is 70.4 cm³/mol. The first-order valence-corrected chi connectivity index (χ1v) is 6.72. The fraction of sp³-hybridized carbons (Fsp3) is 0.375. The molecule has 0 bridgehead atoms. The van der Waals surface area contributed by atoms with Crippen LogP contribution in [-0.4, -0.2) is 26.5 Å². The lowest BCUT2D eigenvalue weighted by Crippen LogP contribution is -2.26. The Balaban J connectivity index is 0.00000256. The summed E-state index contributed by atoms with van der Waals surface area (Å²) in [6.07, 6.45) is 1.72. The molecule has 0 aromatic carbocycles. The van der Waals surface area contributed by atoms with Gasteiger partial charge in [-0.15, -0.1) is 12.4 Å². The van der Waals surface area contributed by atoms with Gasteiger partial charge in [-0.25, -0.2) is 18.1 Å². The number of halogens is 3. The van der Waals surface area contributed by atoms with Crippen molar-refractivity contribution in [3.05, 3.63) is 22.4 Å². The SMILES string of the molecule is Cl.NCCCNS(=O)(=O)c1cnc(Cl)c(Cl)c1. The summed E-state index contributed by atoms with van der Waals surface area (Å²) < 4.78 is 25.7. The molecule has 1 rings (SSSR count). The fourth-order valence-corrected chi connectivity index (χ4v) is 2.32. The van der Waals surface area contributed by atoms with Gasteiger partial charge in [-0.05, 0) is 19.0 Å². The first-order chi connectivity index (χ1) is 7.47. The van der Waals surface area contributed by atoms with E-state index in [1.807, 2.05) is 0 Å². The van der Waals surface area contributed by atoms with E-state index in [1.54, 1.807) is 0 Å². The normalized spacial score (nSPS) is 11.0. The highest BCUT2D eigenvalue weighted by Crippen LogP contribution is 2.21. The van der Waals surface area contributed by atoms with Gasteiger partial charge in [0.05, 0.1) is 5.02 Å². The number of hydrogen-bond acceptors (Lipinski definition) is 4. The number of nitrogens with two attached hydrogens (primary N) is 1. The molecule has 0 saturated heterocycles. The molecule has 1 aromatic heterocycles. The molecule has 1 heterocycles. The topological polar surface area (TPSA) is 85.1 Å². The molecule has 0 unspecified atom stereocenters. The van der Waals surface area contributed by atoms with E-state index < -0.39 is 10.0 Å². The Labute approximate surface area is 116 Å². The molecule has 0 fully saturated rings. The Morgan fingerprint density at radius 3 is 2.59 bits per heavy atom. The van der Waals surface area contributed by atoms with Crippen molar-refractivity contribution in [3.8, 4) is 0 Å². The van der Waals surface area contributed by atoms with Crippen molar-refractivity contribution < 1.29 is 8.42 Å². The van der Waals surface area contributed by atoms with Gasteiger partial charge in [-0.3, -0.25) is 0 Å². The maximum Gasteiger partial charge on any atom is 0.242 e. The minimum absolute atomic E-state index is 0. The summed E-state index contributed by atoms with van der Waals surface area (Å²) >= 11 is 11.3. The van der Waals surface area contributed by atoms with Crippen LogP contribution in [0.2, 0.25) is 10.2 Å². The van der Waals surface area contributed by atoms with Crippen molar-refractivity contribution >= 4 is 45.6 Å². The van der Waals surface area contributed by atoms with Crippen LogP contribution in [0.3, 0.4) is 0 Å². The van der Waals surface area contributed by atoms with E-state index in [4.69, 9.17) is 28.9 Å². The molecule has 0 radical (unpaired) electrons. The molecule has 0 saturated carbocycles. The zero-order chi connectivity index (χ0) is 12.2. The van der Waals surface area contributed by atoms with Gasteiger partial charge >= 0.3 is 0 Å². The van der Waals surface area contributed by atoms with Crippen LogP contribution in [0.5, 0.6) is 0 Å². The molecular formula is C8H12Cl3N3O2S. The summed E-state index contributed by atoms with van der Waals surface area (Å²) in [5.74, 6) is 0. The van der Waals surface area contributed by atoms with E-state index in [2.05, 4.69) is 9.71 Å². The maximum atomic E-state index is 11.7. The zero-order valence-electron chi connectivity index (χ0n) is 8.69. The monoisotopic (exact) mass is 319 g/mol. The quantitative estimate of drug-likeness (QED) is 0.635. The molecule has 0 aliphatic carbocycles. The van der Waals surface area contributed by atoms with Gasteiger partial charge in [0.15, 0.2) is 0 Å². The summed E-state index contributed by atoms with van der Waals surface area (Å²) in [5.41, 5.74) is 5.25. The fourth-order valence-electron chi connectivity index (χ4n) is 0.943. The second kappa shape index (κ2) is 7.35. The number of sulfonamides is 1. The summed E-state index contributed by atoms with van der Waals surface area (Å²) in [5, 5.41) is 0.172. The Kier molecular flexibility index (Phi) is 7.30. The summed E-state index contributed by atoms with van der Waals surface area (Å²) in [6, 6.07) is 1.25. The number of aromatic nitrogens is 1. The third-order valence-electron chi connectivity index (χ3n) is 1.75. The average molecular weight is 321 g/mol. The minimum atomic E-state index is -3.58. The summed E-state index contributed by atoms with van der Waals surface area (Å²) in [4.78, 5) is 3.65. The molecule has 0 spiro atoms. The first kappa shape index (κ1) is 16.9. The van der Waals surface area contributed by atoms with E-state index in [-0.39, 0.29) is 34.0 Å². The molecule has 9 heteroatoms. The van der Waals surface area contributed by atoms with Crippen molar-refractivity contribution in [2.45, 2.75) is 11.3 Å². The second-order valence-corrected chi connectivity index (χ2v) is 5.52. The van der Waals surface area contributed by atoms with Gasteiger partial charge in [0.1, 0.15) is 10.0 Å². The lowest BCUT2D eigenvalue weighted by atomic mass is 10.4. The molecule has 98 valence electrons. The van der Waals surface area contributed by atoms with E-state index in [1.165, 1.54) is 6.07 Å². The van der Waals surface area contributed by atoms with Gasteiger partial charge in [0.2, 0.25) is 10.0 Å². The molecule has 5 nitrogen and oxygen atoms in total. The van der Waals surface area contributed by atoms with E-state index in [0.29, 0.717) is 13.0 Å². The van der Waals surface area contributed by atoms with Crippen LogP contribution in [0.25, 0.3) is 0 Å². The molecular weight excluding hydrogens is 309 g/mol. The molecule has 0 aliphatic heterocycles. The van der Waals surface area contributed by atoms with Crippen LogP contribution >= 0.6 is 35.6 Å². The van der Waals surface area contributed by atoms with Crippen LogP contribution in [0, 0.1) is 0 Å². The van der Waals surface area contributed by atoms with Crippen molar-refractivity contribution in [3.63, 3.8) is 0 Å². The molecule has 0 atom stereocenters. The van der Waals surface area contributed by atoms with Gasteiger partial charge < -0.3 is 5.73 Å². The summed E-state index contributed by atoms with van der Waals surface area (Å²) in [7, 11) is -3.58. The van der Waals surface area contributed by atoms with Crippen molar-refractivity contribution in [1.29, 1.82) is 0 Å². The molecule has 17 heavy (non-hydrogen) atoms. The van der Waals surface area contributed by atoms with E-state index in [0.717, 1.165) is 6.20 Å². The minimum Gasteiger partial charge on any atom is -0.330 e. The maximum absolute atomic E-state index is 11.7. The number of nitrogens with zero attached hydrogens (tertiary/aromatic N) is 1. The Morgan fingerprint density at radius 1 is 1.41 bits per heavy atom. The highest BCUT2D eigenvalue weighted by molar-refractivity contribution is 7.89. The summed E-state index contributed by atoms with van der Waals surface area (Å²) in [6.45, 7) is 0.696.